The lowest BCUT2D eigenvalue weighted by Gasteiger charge is -2.14. The Hall–Kier alpha value is -2.63. The highest BCUT2D eigenvalue weighted by atomic mass is 16.5. The summed E-state index contributed by atoms with van der Waals surface area (Å²) in [4.78, 5) is 34.9. The van der Waals surface area contributed by atoms with Crippen LogP contribution in [0.15, 0.2) is 48.6 Å². The van der Waals surface area contributed by atoms with Gasteiger partial charge in [0.2, 0.25) is 5.91 Å². The molecule has 318 valence electrons. The first-order valence-corrected chi connectivity index (χ1v) is 23.3. The largest absolute Gasteiger partial charge is 0.480 e. The van der Waals surface area contributed by atoms with Gasteiger partial charge in [-0.1, -0.05) is 185 Å². The average molecular weight is 770 g/mol. The lowest BCUT2D eigenvalue weighted by Crippen LogP contribution is -2.28. The Morgan fingerprint density at radius 1 is 0.491 bits per heavy atom. The minimum absolute atomic E-state index is 0.0712. The molecule has 0 aromatic carbocycles. The van der Waals surface area contributed by atoms with Gasteiger partial charge in [-0.2, -0.15) is 0 Å². The van der Waals surface area contributed by atoms with Gasteiger partial charge in [-0.25, -0.2) is 0 Å². The number of rotatable bonds is 42. The molecule has 0 rings (SSSR count). The summed E-state index contributed by atoms with van der Waals surface area (Å²) in [5.74, 6) is -1.29. The van der Waals surface area contributed by atoms with Crippen LogP contribution in [0.2, 0.25) is 0 Å². The first-order valence-electron chi connectivity index (χ1n) is 23.3. The number of amides is 1. The zero-order valence-electron chi connectivity index (χ0n) is 36.0. The highest BCUT2D eigenvalue weighted by molar-refractivity contribution is 5.80. The topological polar surface area (TPSA) is 92.7 Å². The van der Waals surface area contributed by atoms with E-state index in [1.807, 2.05) is 0 Å². The Bertz CT molecular complexity index is 984. The zero-order valence-corrected chi connectivity index (χ0v) is 36.0. The maximum atomic E-state index is 12.7. The van der Waals surface area contributed by atoms with Gasteiger partial charge in [0.25, 0.3) is 0 Å². The number of ether oxygens (including phenoxy) is 1. The molecule has 0 spiro atoms. The number of allylic oxidation sites excluding steroid dienone is 7. The van der Waals surface area contributed by atoms with Gasteiger partial charge in [0.1, 0.15) is 12.6 Å². The summed E-state index contributed by atoms with van der Waals surface area (Å²) in [5, 5.41) is 11.1. The molecular weight excluding hydrogens is 683 g/mol. The molecule has 0 aliphatic rings. The van der Waals surface area contributed by atoms with Crippen LogP contribution in [-0.4, -0.2) is 35.6 Å². The minimum Gasteiger partial charge on any atom is -0.480 e. The Morgan fingerprint density at radius 2 is 0.891 bits per heavy atom. The van der Waals surface area contributed by atoms with Crippen molar-refractivity contribution in [1.29, 1.82) is 0 Å². The molecular formula is C49H87NO5. The van der Waals surface area contributed by atoms with Crippen LogP contribution in [0.25, 0.3) is 0 Å². The highest BCUT2D eigenvalue weighted by Gasteiger charge is 2.11. The number of esters is 1. The van der Waals surface area contributed by atoms with Gasteiger partial charge in [-0.05, 0) is 83.1 Å². The predicted octanol–water partition coefficient (Wildman–Crippen LogP) is 14.6. The Morgan fingerprint density at radius 3 is 1.38 bits per heavy atom. The maximum absolute atomic E-state index is 12.7. The van der Waals surface area contributed by atoms with Crippen LogP contribution in [-0.2, 0) is 19.1 Å². The highest BCUT2D eigenvalue weighted by Crippen LogP contribution is 2.16. The van der Waals surface area contributed by atoms with Crippen LogP contribution in [0.1, 0.15) is 232 Å². The van der Waals surface area contributed by atoms with Crippen molar-refractivity contribution in [3.05, 3.63) is 48.6 Å². The monoisotopic (exact) mass is 770 g/mol. The van der Waals surface area contributed by atoms with Gasteiger partial charge in [0.05, 0.1) is 0 Å². The summed E-state index contributed by atoms with van der Waals surface area (Å²) in [6.07, 6.45) is 57.0. The number of hydrogen-bond acceptors (Lipinski definition) is 4. The van der Waals surface area contributed by atoms with Crippen LogP contribution in [0.3, 0.4) is 0 Å². The summed E-state index contributed by atoms with van der Waals surface area (Å²) in [7, 11) is 0. The van der Waals surface area contributed by atoms with Crippen molar-refractivity contribution in [3.8, 4) is 0 Å². The molecule has 0 bridgehead atoms. The summed E-state index contributed by atoms with van der Waals surface area (Å²) in [6, 6.07) is 0. The molecule has 0 aliphatic carbocycles. The van der Waals surface area contributed by atoms with Gasteiger partial charge < -0.3 is 15.2 Å². The molecule has 55 heavy (non-hydrogen) atoms. The summed E-state index contributed by atoms with van der Waals surface area (Å²) < 4.78 is 5.94. The van der Waals surface area contributed by atoms with Crippen molar-refractivity contribution in [2.75, 3.05) is 6.54 Å². The first kappa shape index (κ1) is 52.4. The third kappa shape index (κ3) is 44.0. The third-order valence-corrected chi connectivity index (χ3v) is 10.2. The van der Waals surface area contributed by atoms with E-state index in [0.29, 0.717) is 12.8 Å². The number of carboxylic acid groups (broad SMARTS) is 1. The Kier molecular flexibility index (Phi) is 42.0. The van der Waals surface area contributed by atoms with Crippen LogP contribution >= 0.6 is 0 Å². The van der Waals surface area contributed by atoms with E-state index < -0.39 is 5.97 Å². The number of aliphatic carboxylic acids is 1. The lowest BCUT2D eigenvalue weighted by atomic mass is 10.0. The SMILES string of the molecule is CCCCCC/C=C\C/C=C\C(CCCCCCCCC(=O)NCC(=O)O)OC(=O)CCCCCCCCCCCCC/C=C\C/C=C\CCCCCCC. The van der Waals surface area contributed by atoms with Crippen LogP contribution in [0, 0.1) is 0 Å². The smallest absolute Gasteiger partial charge is 0.322 e. The molecule has 0 fully saturated rings. The Balaban J connectivity index is 4.04. The van der Waals surface area contributed by atoms with Crippen molar-refractivity contribution >= 4 is 17.8 Å². The summed E-state index contributed by atoms with van der Waals surface area (Å²) >= 11 is 0. The van der Waals surface area contributed by atoms with Crippen molar-refractivity contribution in [1.82, 2.24) is 5.32 Å². The second-order valence-electron chi connectivity index (χ2n) is 15.7. The fourth-order valence-electron chi connectivity index (χ4n) is 6.73. The van der Waals surface area contributed by atoms with Crippen molar-refractivity contribution in [2.45, 2.75) is 238 Å². The second kappa shape index (κ2) is 44.1. The van der Waals surface area contributed by atoms with Gasteiger partial charge in [-0.15, -0.1) is 0 Å². The molecule has 1 atom stereocenters. The number of hydrogen-bond donors (Lipinski definition) is 2. The fourth-order valence-corrected chi connectivity index (χ4v) is 6.73. The standard InChI is InChI=1S/C49H87NO5/c1-3-5-7-9-11-13-14-15-16-17-18-19-20-21-22-23-24-25-26-28-30-36-40-44-49(54)55-46(41-37-33-29-27-12-10-8-6-4-2)42-38-34-31-32-35-39-43-47(51)50-45-48(52)53/h14-15,17-18,27,29,37,41,46H,3-13,16,19-26,28,30-36,38-40,42-45H2,1-2H3,(H,50,51)(H,52,53)/b15-14-,18-17-,29-27-,41-37-. The maximum Gasteiger partial charge on any atom is 0.322 e. The second-order valence-corrected chi connectivity index (χ2v) is 15.7. The third-order valence-electron chi connectivity index (χ3n) is 10.2. The molecule has 0 aromatic heterocycles. The Labute approximate surface area is 339 Å². The number of carboxylic acids is 1. The number of unbranched alkanes of at least 4 members (excludes halogenated alkanes) is 25. The van der Waals surface area contributed by atoms with Gasteiger partial charge in [0, 0.05) is 12.8 Å². The number of carbonyl (C=O) groups excluding carboxylic acids is 2. The van der Waals surface area contributed by atoms with E-state index in [2.05, 4.69) is 67.8 Å². The quantitative estimate of drug-likeness (QED) is 0.0366. The molecule has 0 aliphatic heterocycles. The van der Waals surface area contributed by atoms with E-state index in [0.717, 1.165) is 77.0 Å². The van der Waals surface area contributed by atoms with E-state index >= 15 is 0 Å². The average Bonchev–Trinajstić information content (AvgIpc) is 3.17. The van der Waals surface area contributed by atoms with Crippen LogP contribution in [0.5, 0.6) is 0 Å². The minimum atomic E-state index is -1.02. The summed E-state index contributed by atoms with van der Waals surface area (Å²) in [6.45, 7) is 4.20. The molecule has 0 aromatic rings. The molecule has 0 saturated carbocycles. The fraction of sp³-hybridized carbons (Fsp3) is 0.776. The van der Waals surface area contributed by atoms with E-state index in [9.17, 15) is 14.4 Å². The zero-order chi connectivity index (χ0) is 40.1. The molecule has 0 saturated heterocycles. The van der Waals surface area contributed by atoms with Crippen LogP contribution < -0.4 is 5.32 Å². The van der Waals surface area contributed by atoms with Gasteiger partial charge >= 0.3 is 11.9 Å². The van der Waals surface area contributed by atoms with Crippen LogP contribution in [0.4, 0.5) is 0 Å². The molecule has 6 heteroatoms. The molecule has 2 N–H and O–H groups in total. The van der Waals surface area contributed by atoms with Crippen molar-refractivity contribution in [3.63, 3.8) is 0 Å². The molecule has 0 radical (unpaired) electrons. The van der Waals surface area contributed by atoms with E-state index in [4.69, 9.17) is 9.84 Å². The predicted molar refractivity (Wildman–Crippen MR) is 235 cm³/mol. The van der Waals surface area contributed by atoms with E-state index in [1.54, 1.807) is 0 Å². The molecule has 1 unspecified atom stereocenters. The molecule has 6 nitrogen and oxygen atoms in total. The summed E-state index contributed by atoms with van der Waals surface area (Å²) in [5.41, 5.74) is 0. The number of nitrogens with one attached hydrogen (secondary N) is 1. The van der Waals surface area contributed by atoms with E-state index in [-0.39, 0.29) is 24.5 Å². The first-order chi connectivity index (χ1) is 27.0. The van der Waals surface area contributed by atoms with Crippen molar-refractivity contribution < 1.29 is 24.2 Å². The lowest BCUT2D eigenvalue weighted by molar-refractivity contribution is -0.147. The molecule has 1 amide bonds. The normalized spacial score (nSPS) is 12.5. The van der Waals surface area contributed by atoms with Gasteiger partial charge in [0.15, 0.2) is 0 Å². The molecule has 0 heterocycles. The van der Waals surface area contributed by atoms with Crippen molar-refractivity contribution in [2.24, 2.45) is 0 Å². The van der Waals surface area contributed by atoms with Gasteiger partial charge in [-0.3, -0.25) is 14.4 Å². The van der Waals surface area contributed by atoms with E-state index in [1.165, 1.54) is 128 Å². The number of carbonyl (C=O) groups is 3.